The highest BCUT2D eigenvalue weighted by Gasteiger charge is 2.51. The Morgan fingerprint density at radius 1 is 1.15 bits per heavy atom. The second kappa shape index (κ2) is 4.58. The minimum atomic E-state index is -0.637. The van der Waals surface area contributed by atoms with E-state index in [2.05, 4.69) is 10.6 Å². The van der Waals surface area contributed by atoms with E-state index in [1.54, 1.807) is 0 Å². The average Bonchev–Trinajstić information content (AvgIpc) is 2.24. The van der Waals surface area contributed by atoms with Crippen LogP contribution >= 0.6 is 12.2 Å². The average molecular weight is 295 g/mol. The number of hydrogen-bond acceptors (Lipinski definition) is 2. The van der Waals surface area contributed by atoms with Gasteiger partial charge in [0.05, 0.1) is 10.5 Å². The van der Waals surface area contributed by atoms with Crippen LogP contribution in [0.5, 0.6) is 0 Å². The second-order valence-electron chi connectivity index (χ2n) is 7.77. The number of rotatable bonds is 3. The van der Waals surface area contributed by atoms with Crippen LogP contribution in [0.25, 0.3) is 0 Å². The summed E-state index contributed by atoms with van der Waals surface area (Å²) in [6.07, 6.45) is 7.59. The fraction of sp³-hybridized carbons (Fsp3) is 0.867. The maximum Gasteiger partial charge on any atom is 0.315 e. The van der Waals surface area contributed by atoms with Crippen molar-refractivity contribution in [3.8, 4) is 0 Å². The third kappa shape index (κ3) is 2.52. The number of hydrogen-bond donors (Lipinski definition) is 3. The van der Waals surface area contributed by atoms with Gasteiger partial charge < -0.3 is 16.4 Å². The lowest BCUT2D eigenvalue weighted by Crippen LogP contribution is -2.64. The van der Waals surface area contributed by atoms with Gasteiger partial charge in [0.15, 0.2) is 0 Å². The van der Waals surface area contributed by atoms with E-state index in [9.17, 15) is 4.79 Å². The molecule has 4 bridgehead atoms. The molecule has 0 saturated heterocycles. The minimum Gasteiger partial charge on any atom is -0.391 e. The fourth-order valence-corrected chi connectivity index (χ4v) is 4.93. The lowest BCUT2D eigenvalue weighted by molar-refractivity contribution is -0.0137. The Hall–Kier alpha value is -0.840. The minimum absolute atomic E-state index is 0.0329. The van der Waals surface area contributed by atoms with Gasteiger partial charge in [0.2, 0.25) is 0 Å². The SMILES string of the molecule is CC(C)(NC(=O)NC12CC3CC(CC(C3)C1)C2)C(N)=S. The second-order valence-corrected chi connectivity index (χ2v) is 8.21. The molecule has 4 fully saturated rings. The zero-order valence-corrected chi connectivity index (χ0v) is 13.2. The van der Waals surface area contributed by atoms with E-state index in [0.717, 1.165) is 37.0 Å². The van der Waals surface area contributed by atoms with Crippen LogP contribution in [0.2, 0.25) is 0 Å². The van der Waals surface area contributed by atoms with E-state index in [1.165, 1.54) is 19.3 Å². The molecule has 4 nitrogen and oxygen atoms in total. The molecule has 4 N–H and O–H groups in total. The van der Waals surface area contributed by atoms with Crippen molar-refractivity contribution < 1.29 is 4.79 Å². The van der Waals surface area contributed by atoms with Gasteiger partial charge in [0, 0.05) is 5.54 Å². The van der Waals surface area contributed by atoms with Crippen molar-refractivity contribution >= 4 is 23.2 Å². The summed E-state index contributed by atoms with van der Waals surface area (Å²) in [6.45, 7) is 3.68. The molecule has 0 aromatic heterocycles. The van der Waals surface area contributed by atoms with Crippen LogP contribution in [0.4, 0.5) is 4.79 Å². The molecule has 4 saturated carbocycles. The highest BCUT2D eigenvalue weighted by Crippen LogP contribution is 2.55. The highest BCUT2D eigenvalue weighted by molar-refractivity contribution is 7.80. The molecule has 4 aliphatic carbocycles. The van der Waals surface area contributed by atoms with Crippen molar-refractivity contribution in [3.05, 3.63) is 0 Å². The Kier molecular flexibility index (Phi) is 3.23. The molecular formula is C15H25N3OS. The highest BCUT2D eigenvalue weighted by atomic mass is 32.1. The first-order chi connectivity index (χ1) is 9.28. The van der Waals surface area contributed by atoms with Gasteiger partial charge in [-0.05, 0) is 70.1 Å². The zero-order valence-electron chi connectivity index (χ0n) is 12.4. The summed E-state index contributed by atoms with van der Waals surface area (Å²) in [6, 6.07) is -0.121. The summed E-state index contributed by atoms with van der Waals surface area (Å²) in [5.41, 5.74) is 5.06. The number of urea groups is 1. The molecule has 5 heteroatoms. The maximum absolute atomic E-state index is 12.3. The van der Waals surface area contributed by atoms with Crippen LogP contribution in [-0.2, 0) is 0 Å². The quantitative estimate of drug-likeness (QED) is 0.700. The fourth-order valence-electron chi connectivity index (χ4n) is 4.88. The Labute approximate surface area is 126 Å². The normalized spacial score (nSPS) is 38.6. The van der Waals surface area contributed by atoms with Crippen molar-refractivity contribution in [2.45, 2.75) is 63.5 Å². The Bertz CT molecular complexity index is 411. The van der Waals surface area contributed by atoms with Gasteiger partial charge in [0.25, 0.3) is 0 Å². The van der Waals surface area contributed by atoms with Crippen molar-refractivity contribution in [3.63, 3.8) is 0 Å². The molecule has 0 unspecified atom stereocenters. The van der Waals surface area contributed by atoms with Gasteiger partial charge in [-0.3, -0.25) is 0 Å². The van der Waals surface area contributed by atoms with Gasteiger partial charge in [-0.15, -0.1) is 0 Å². The van der Waals surface area contributed by atoms with Crippen LogP contribution in [-0.4, -0.2) is 22.1 Å². The molecule has 2 amide bonds. The summed E-state index contributed by atoms with van der Waals surface area (Å²) in [5.74, 6) is 2.47. The molecule has 0 heterocycles. The van der Waals surface area contributed by atoms with Gasteiger partial charge in [-0.2, -0.15) is 0 Å². The van der Waals surface area contributed by atoms with E-state index in [1.807, 2.05) is 13.8 Å². The lowest BCUT2D eigenvalue weighted by Gasteiger charge is -2.56. The molecule has 0 aromatic rings. The molecule has 0 aliphatic heterocycles. The van der Waals surface area contributed by atoms with E-state index in [0.29, 0.717) is 4.99 Å². The first-order valence-corrected chi connectivity index (χ1v) is 8.09. The van der Waals surface area contributed by atoms with Crippen molar-refractivity contribution in [1.82, 2.24) is 10.6 Å². The van der Waals surface area contributed by atoms with Gasteiger partial charge in [-0.1, -0.05) is 12.2 Å². The first kappa shape index (κ1) is 14.1. The smallest absolute Gasteiger partial charge is 0.315 e. The predicted octanol–water partition coefficient (Wildman–Crippen LogP) is 2.32. The van der Waals surface area contributed by atoms with Gasteiger partial charge >= 0.3 is 6.03 Å². The molecule has 0 atom stereocenters. The Morgan fingerprint density at radius 3 is 2.00 bits per heavy atom. The van der Waals surface area contributed by atoms with Crippen molar-refractivity contribution in [1.29, 1.82) is 0 Å². The summed E-state index contributed by atoms with van der Waals surface area (Å²) in [7, 11) is 0. The van der Waals surface area contributed by atoms with Gasteiger partial charge in [-0.25, -0.2) is 4.79 Å². The molecule has 20 heavy (non-hydrogen) atoms. The summed E-state index contributed by atoms with van der Waals surface area (Å²) >= 11 is 5.00. The summed E-state index contributed by atoms with van der Waals surface area (Å²) in [5, 5.41) is 6.18. The van der Waals surface area contributed by atoms with E-state index in [-0.39, 0.29) is 11.6 Å². The van der Waals surface area contributed by atoms with Crippen LogP contribution in [0.1, 0.15) is 52.4 Å². The number of nitrogens with two attached hydrogens (primary N) is 1. The maximum atomic E-state index is 12.3. The summed E-state index contributed by atoms with van der Waals surface area (Å²) in [4.78, 5) is 12.6. The number of carbonyl (C=O) groups is 1. The van der Waals surface area contributed by atoms with E-state index >= 15 is 0 Å². The zero-order chi connectivity index (χ0) is 14.5. The van der Waals surface area contributed by atoms with E-state index < -0.39 is 5.54 Å². The molecular weight excluding hydrogens is 270 g/mol. The predicted molar refractivity (Wildman–Crippen MR) is 83.4 cm³/mol. The lowest BCUT2D eigenvalue weighted by atomic mass is 9.53. The largest absolute Gasteiger partial charge is 0.391 e. The Balaban J connectivity index is 1.66. The third-order valence-corrected chi connectivity index (χ3v) is 5.97. The van der Waals surface area contributed by atoms with E-state index in [4.69, 9.17) is 18.0 Å². The van der Waals surface area contributed by atoms with Crippen LogP contribution < -0.4 is 16.4 Å². The van der Waals surface area contributed by atoms with Gasteiger partial charge in [0.1, 0.15) is 0 Å². The standard InChI is InChI=1S/C15H25N3OS/c1-14(2,12(16)20)17-13(19)18-15-6-9-3-10(7-15)5-11(4-9)8-15/h9-11H,3-8H2,1-2H3,(H2,16,20)(H2,17,18,19). The third-order valence-electron chi connectivity index (χ3n) is 5.46. The first-order valence-electron chi connectivity index (χ1n) is 7.68. The van der Waals surface area contributed by atoms with Crippen molar-refractivity contribution in [2.75, 3.05) is 0 Å². The molecule has 4 rings (SSSR count). The van der Waals surface area contributed by atoms with Crippen molar-refractivity contribution in [2.24, 2.45) is 23.5 Å². The molecule has 0 aromatic carbocycles. The molecule has 112 valence electrons. The number of amides is 2. The number of nitrogens with one attached hydrogen (secondary N) is 2. The topological polar surface area (TPSA) is 67.2 Å². The van der Waals surface area contributed by atoms with Crippen LogP contribution in [0, 0.1) is 17.8 Å². The summed E-state index contributed by atoms with van der Waals surface area (Å²) < 4.78 is 0. The number of carbonyl (C=O) groups excluding carboxylic acids is 1. The molecule has 0 spiro atoms. The molecule has 0 radical (unpaired) electrons. The monoisotopic (exact) mass is 295 g/mol. The van der Waals surface area contributed by atoms with Crippen LogP contribution in [0.15, 0.2) is 0 Å². The molecule has 4 aliphatic rings. The number of thiocarbonyl (C=S) groups is 1. The van der Waals surface area contributed by atoms with Crippen LogP contribution in [0.3, 0.4) is 0 Å². The Morgan fingerprint density at radius 2 is 1.60 bits per heavy atom.